The number of halogens is 2. The molecule has 2 N–H and O–H groups in total. The third kappa shape index (κ3) is 3.25. The molecule has 1 saturated heterocycles. The quantitative estimate of drug-likeness (QED) is 0.852. The molecule has 0 saturated carbocycles. The van der Waals surface area contributed by atoms with Crippen molar-refractivity contribution in [2.24, 2.45) is 0 Å². The number of hydrogen-bond donors (Lipinski definition) is 2. The average Bonchev–Trinajstić information content (AvgIpc) is 2.72. The molecule has 3 nitrogen and oxygen atoms in total. The van der Waals surface area contributed by atoms with Crippen molar-refractivity contribution in [1.82, 2.24) is 10.2 Å². The molecule has 0 spiro atoms. The van der Waals surface area contributed by atoms with E-state index in [-0.39, 0.29) is 12.1 Å². The van der Waals surface area contributed by atoms with Crippen LogP contribution in [0.5, 0.6) is 0 Å². The number of rotatable bonds is 4. The zero-order valence-corrected chi connectivity index (χ0v) is 10.4. The molecule has 0 radical (unpaired) electrons. The van der Waals surface area contributed by atoms with Gasteiger partial charge < -0.3 is 15.3 Å². The van der Waals surface area contributed by atoms with Crippen LogP contribution in [0.2, 0.25) is 0 Å². The lowest BCUT2D eigenvalue weighted by Crippen LogP contribution is -2.34. The lowest BCUT2D eigenvalue weighted by Gasteiger charge is -2.17. The van der Waals surface area contributed by atoms with Gasteiger partial charge in [0.25, 0.3) is 0 Å². The molecule has 0 amide bonds. The molecule has 1 aliphatic rings. The van der Waals surface area contributed by atoms with E-state index in [9.17, 15) is 13.9 Å². The highest BCUT2D eigenvalue weighted by Gasteiger charge is 2.20. The van der Waals surface area contributed by atoms with Crippen LogP contribution in [0, 0.1) is 11.6 Å². The van der Waals surface area contributed by atoms with E-state index < -0.39 is 17.7 Å². The van der Waals surface area contributed by atoms with Gasteiger partial charge in [-0.1, -0.05) is 6.07 Å². The fourth-order valence-corrected chi connectivity index (χ4v) is 2.26. The van der Waals surface area contributed by atoms with Crippen molar-refractivity contribution < 1.29 is 13.9 Å². The predicted octanol–water partition coefficient (Wildman–Crippen LogP) is 1.29. The Hall–Kier alpha value is -1.04. The molecule has 1 fully saturated rings. The second-order valence-corrected chi connectivity index (χ2v) is 4.84. The highest BCUT2D eigenvalue weighted by Crippen LogP contribution is 2.18. The second-order valence-electron chi connectivity index (χ2n) is 4.84. The molecule has 1 aromatic rings. The van der Waals surface area contributed by atoms with Crippen LogP contribution >= 0.6 is 0 Å². The van der Waals surface area contributed by atoms with Gasteiger partial charge in [0.1, 0.15) is 11.6 Å². The number of hydrogen-bond acceptors (Lipinski definition) is 3. The molecule has 1 heterocycles. The summed E-state index contributed by atoms with van der Waals surface area (Å²) in [7, 11) is 2.04. The maximum absolute atomic E-state index is 13.4. The Kier molecular flexibility index (Phi) is 4.27. The van der Waals surface area contributed by atoms with Gasteiger partial charge in [-0.25, -0.2) is 8.78 Å². The molecule has 1 aromatic carbocycles. The number of likely N-dealkylation sites (tertiary alicyclic amines) is 1. The lowest BCUT2D eigenvalue weighted by atomic mass is 10.1. The predicted molar refractivity (Wildman–Crippen MR) is 65.2 cm³/mol. The van der Waals surface area contributed by atoms with E-state index in [1.165, 1.54) is 6.07 Å². The van der Waals surface area contributed by atoms with Crippen LogP contribution < -0.4 is 5.32 Å². The topological polar surface area (TPSA) is 35.5 Å². The molecule has 5 heteroatoms. The molecule has 0 bridgehead atoms. The SMILES string of the molecule is CN1CCC(NCC(O)c2ccc(F)cc2F)C1. The maximum atomic E-state index is 13.4. The Morgan fingerprint density at radius 2 is 2.28 bits per heavy atom. The number of aliphatic hydroxyl groups is 1. The summed E-state index contributed by atoms with van der Waals surface area (Å²) in [6, 6.07) is 3.57. The highest BCUT2D eigenvalue weighted by molar-refractivity contribution is 5.21. The van der Waals surface area contributed by atoms with Gasteiger partial charge in [-0.3, -0.25) is 0 Å². The average molecular weight is 256 g/mol. The van der Waals surface area contributed by atoms with Crippen LogP contribution in [-0.2, 0) is 0 Å². The largest absolute Gasteiger partial charge is 0.387 e. The van der Waals surface area contributed by atoms with Crippen molar-refractivity contribution in [2.45, 2.75) is 18.6 Å². The summed E-state index contributed by atoms with van der Waals surface area (Å²) in [5.74, 6) is -1.33. The molecule has 1 aliphatic heterocycles. The van der Waals surface area contributed by atoms with Gasteiger partial charge >= 0.3 is 0 Å². The molecule has 0 aromatic heterocycles. The first kappa shape index (κ1) is 13.4. The summed E-state index contributed by atoms with van der Waals surface area (Å²) in [4.78, 5) is 2.20. The molecule has 0 aliphatic carbocycles. The first-order valence-electron chi connectivity index (χ1n) is 6.11. The molecular formula is C13H18F2N2O. The van der Waals surface area contributed by atoms with Gasteiger partial charge in [0.05, 0.1) is 6.10 Å². The second kappa shape index (κ2) is 5.73. The standard InChI is InChI=1S/C13H18F2N2O/c1-17-5-4-10(8-17)16-7-13(18)11-3-2-9(14)6-12(11)15/h2-3,6,10,13,16,18H,4-5,7-8H2,1H3. The van der Waals surface area contributed by atoms with E-state index in [0.29, 0.717) is 6.04 Å². The third-order valence-electron chi connectivity index (χ3n) is 3.31. The number of likely N-dealkylation sites (N-methyl/N-ethyl adjacent to an activating group) is 1. The minimum Gasteiger partial charge on any atom is -0.387 e. The van der Waals surface area contributed by atoms with E-state index in [1.54, 1.807) is 0 Å². The summed E-state index contributed by atoms with van der Waals surface area (Å²) in [6.07, 6.45) is 0.0753. The Labute approximate surface area is 105 Å². The van der Waals surface area contributed by atoms with E-state index in [2.05, 4.69) is 10.2 Å². The fourth-order valence-electron chi connectivity index (χ4n) is 2.26. The first-order chi connectivity index (χ1) is 8.56. The Bertz CT molecular complexity index is 414. The van der Waals surface area contributed by atoms with Crippen LogP contribution in [-0.4, -0.2) is 42.7 Å². The number of nitrogens with one attached hydrogen (secondary N) is 1. The minimum absolute atomic E-state index is 0.134. The maximum Gasteiger partial charge on any atom is 0.131 e. The van der Waals surface area contributed by atoms with Crippen LogP contribution in [0.15, 0.2) is 18.2 Å². The Morgan fingerprint density at radius 3 is 2.89 bits per heavy atom. The van der Waals surface area contributed by atoms with Crippen LogP contribution in [0.3, 0.4) is 0 Å². The van der Waals surface area contributed by atoms with Gasteiger partial charge in [0, 0.05) is 30.8 Å². The van der Waals surface area contributed by atoms with E-state index in [4.69, 9.17) is 0 Å². The highest BCUT2D eigenvalue weighted by atomic mass is 19.1. The smallest absolute Gasteiger partial charge is 0.131 e. The van der Waals surface area contributed by atoms with E-state index in [0.717, 1.165) is 31.6 Å². The molecule has 2 unspecified atom stereocenters. The normalized spacial score (nSPS) is 22.3. The zero-order chi connectivity index (χ0) is 13.1. The summed E-state index contributed by atoms with van der Waals surface area (Å²) >= 11 is 0. The molecule has 100 valence electrons. The number of benzene rings is 1. The Balaban J connectivity index is 1.89. The van der Waals surface area contributed by atoms with Gasteiger partial charge in [-0.05, 0) is 26.1 Å². The first-order valence-corrected chi connectivity index (χ1v) is 6.11. The lowest BCUT2D eigenvalue weighted by molar-refractivity contribution is 0.165. The summed E-state index contributed by atoms with van der Waals surface area (Å²) in [6.45, 7) is 2.23. The van der Waals surface area contributed by atoms with Crippen molar-refractivity contribution >= 4 is 0 Å². The van der Waals surface area contributed by atoms with Crippen molar-refractivity contribution in [3.63, 3.8) is 0 Å². The third-order valence-corrected chi connectivity index (χ3v) is 3.31. The number of aliphatic hydroxyl groups excluding tert-OH is 1. The van der Waals surface area contributed by atoms with Gasteiger partial charge in [-0.15, -0.1) is 0 Å². The Morgan fingerprint density at radius 1 is 1.50 bits per heavy atom. The van der Waals surface area contributed by atoms with E-state index in [1.807, 2.05) is 7.05 Å². The molecule has 2 atom stereocenters. The van der Waals surface area contributed by atoms with Crippen molar-refractivity contribution in [3.05, 3.63) is 35.4 Å². The van der Waals surface area contributed by atoms with Crippen LogP contribution in [0.4, 0.5) is 8.78 Å². The fraction of sp³-hybridized carbons (Fsp3) is 0.538. The van der Waals surface area contributed by atoms with Crippen molar-refractivity contribution in [1.29, 1.82) is 0 Å². The number of nitrogens with zero attached hydrogens (tertiary/aromatic N) is 1. The van der Waals surface area contributed by atoms with Gasteiger partial charge in [0.15, 0.2) is 0 Å². The summed E-state index contributed by atoms with van der Waals surface area (Å²) in [5.41, 5.74) is 0.134. The molecule has 18 heavy (non-hydrogen) atoms. The van der Waals surface area contributed by atoms with Crippen molar-refractivity contribution in [3.8, 4) is 0 Å². The van der Waals surface area contributed by atoms with Crippen LogP contribution in [0.1, 0.15) is 18.1 Å². The van der Waals surface area contributed by atoms with Gasteiger partial charge in [-0.2, -0.15) is 0 Å². The molecule has 2 rings (SSSR count). The van der Waals surface area contributed by atoms with Gasteiger partial charge in [0.2, 0.25) is 0 Å². The summed E-state index contributed by atoms with van der Waals surface area (Å²) < 4.78 is 26.2. The zero-order valence-electron chi connectivity index (χ0n) is 10.4. The minimum atomic E-state index is -0.948. The van der Waals surface area contributed by atoms with Crippen molar-refractivity contribution in [2.75, 3.05) is 26.7 Å². The van der Waals surface area contributed by atoms with Crippen LogP contribution in [0.25, 0.3) is 0 Å². The molecular weight excluding hydrogens is 238 g/mol. The van der Waals surface area contributed by atoms with E-state index >= 15 is 0 Å². The monoisotopic (exact) mass is 256 g/mol. The summed E-state index contributed by atoms with van der Waals surface area (Å²) in [5, 5.41) is 13.1.